The lowest BCUT2D eigenvalue weighted by molar-refractivity contribution is 0.832. The van der Waals surface area contributed by atoms with Gasteiger partial charge in [0.1, 0.15) is 0 Å². The van der Waals surface area contributed by atoms with Gasteiger partial charge in [0.05, 0.1) is 0 Å². The van der Waals surface area contributed by atoms with E-state index in [2.05, 4.69) is 55.1 Å². The predicted molar refractivity (Wildman–Crippen MR) is 78.8 cm³/mol. The molecule has 0 aliphatic carbocycles. The standard InChI is InChI=1S/C16H20N2/c1-3-18(16-10-8-15(17)9-11-16)12-14-6-4-13(2)5-7-14/h4-11H,3,12,17H2,1-2H3. The van der Waals surface area contributed by atoms with Gasteiger partial charge >= 0.3 is 0 Å². The average molecular weight is 240 g/mol. The molecule has 0 aliphatic heterocycles. The van der Waals surface area contributed by atoms with Crippen LogP contribution in [0.3, 0.4) is 0 Å². The Labute approximate surface area is 109 Å². The Morgan fingerprint density at radius 2 is 1.56 bits per heavy atom. The third kappa shape index (κ3) is 3.04. The van der Waals surface area contributed by atoms with E-state index in [0.29, 0.717) is 0 Å². The predicted octanol–water partition coefficient (Wildman–Crippen LogP) is 3.60. The van der Waals surface area contributed by atoms with Crippen molar-refractivity contribution in [3.05, 3.63) is 59.7 Å². The topological polar surface area (TPSA) is 29.3 Å². The molecule has 94 valence electrons. The van der Waals surface area contributed by atoms with Crippen LogP contribution in [-0.4, -0.2) is 6.54 Å². The number of anilines is 2. The van der Waals surface area contributed by atoms with Crippen molar-refractivity contribution in [3.63, 3.8) is 0 Å². The van der Waals surface area contributed by atoms with E-state index in [1.165, 1.54) is 16.8 Å². The van der Waals surface area contributed by atoms with Crippen LogP contribution in [-0.2, 0) is 6.54 Å². The second-order valence-electron chi connectivity index (χ2n) is 4.59. The summed E-state index contributed by atoms with van der Waals surface area (Å²) in [5.74, 6) is 0. The van der Waals surface area contributed by atoms with E-state index < -0.39 is 0 Å². The molecule has 2 N–H and O–H groups in total. The lowest BCUT2D eigenvalue weighted by atomic mass is 10.1. The number of hydrogen-bond acceptors (Lipinski definition) is 2. The molecule has 0 atom stereocenters. The van der Waals surface area contributed by atoms with Crippen LogP contribution in [0.4, 0.5) is 11.4 Å². The molecule has 0 aromatic heterocycles. The first-order chi connectivity index (χ1) is 8.69. The summed E-state index contributed by atoms with van der Waals surface area (Å²) in [4.78, 5) is 2.34. The van der Waals surface area contributed by atoms with Gasteiger partial charge in [0, 0.05) is 24.5 Å². The Morgan fingerprint density at radius 1 is 0.944 bits per heavy atom. The summed E-state index contributed by atoms with van der Waals surface area (Å²) in [5.41, 5.74) is 10.4. The maximum atomic E-state index is 5.72. The van der Waals surface area contributed by atoms with Crippen molar-refractivity contribution < 1.29 is 0 Å². The summed E-state index contributed by atoms with van der Waals surface area (Å²) in [5, 5.41) is 0. The first-order valence-corrected chi connectivity index (χ1v) is 6.35. The van der Waals surface area contributed by atoms with Crippen molar-refractivity contribution in [2.24, 2.45) is 0 Å². The Morgan fingerprint density at radius 3 is 2.11 bits per heavy atom. The second-order valence-corrected chi connectivity index (χ2v) is 4.59. The van der Waals surface area contributed by atoms with Crippen LogP contribution in [0.2, 0.25) is 0 Å². The molecule has 0 saturated carbocycles. The summed E-state index contributed by atoms with van der Waals surface area (Å²) >= 11 is 0. The third-order valence-electron chi connectivity index (χ3n) is 3.13. The minimum absolute atomic E-state index is 0.810. The van der Waals surface area contributed by atoms with Crippen LogP contribution in [0.15, 0.2) is 48.5 Å². The fraction of sp³-hybridized carbons (Fsp3) is 0.250. The monoisotopic (exact) mass is 240 g/mol. The van der Waals surface area contributed by atoms with Gasteiger partial charge in [-0.15, -0.1) is 0 Å². The zero-order valence-electron chi connectivity index (χ0n) is 11.1. The minimum atomic E-state index is 0.810. The molecule has 2 rings (SSSR count). The number of nitrogen functional groups attached to an aromatic ring is 1. The minimum Gasteiger partial charge on any atom is -0.399 e. The highest BCUT2D eigenvalue weighted by atomic mass is 15.1. The molecular weight excluding hydrogens is 220 g/mol. The van der Waals surface area contributed by atoms with Crippen molar-refractivity contribution in [1.82, 2.24) is 0 Å². The number of nitrogens with two attached hydrogens (primary N) is 1. The van der Waals surface area contributed by atoms with E-state index in [1.54, 1.807) is 0 Å². The third-order valence-corrected chi connectivity index (χ3v) is 3.13. The lowest BCUT2D eigenvalue weighted by Gasteiger charge is -2.23. The smallest absolute Gasteiger partial charge is 0.0429 e. The number of aryl methyl sites for hydroxylation is 1. The van der Waals surface area contributed by atoms with E-state index in [-0.39, 0.29) is 0 Å². The van der Waals surface area contributed by atoms with Gasteiger partial charge in [0.2, 0.25) is 0 Å². The fourth-order valence-electron chi connectivity index (χ4n) is 1.98. The van der Waals surface area contributed by atoms with Gasteiger partial charge < -0.3 is 10.6 Å². The van der Waals surface area contributed by atoms with Crippen molar-refractivity contribution in [2.45, 2.75) is 20.4 Å². The molecule has 2 heteroatoms. The summed E-state index contributed by atoms with van der Waals surface area (Å²) < 4.78 is 0. The zero-order chi connectivity index (χ0) is 13.0. The highest BCUT2D eigenvalue weighted by Crippen LogP contribution is 2.18. The highest BCUT2D eigenvalue weighted by Gasteiger charge is 2.04. The molecule has 0 bridgehead atoms. The molecule has 2 nitrogen and oxygen atoms in total. The maximum absolute atomic E-state index is 5.72. The van der Waals surface area contributed by atoms with Crippen molar-refractivity contribution in [3.8, 4) is 0 Å². The lowest BCUT2D eigenvalue weighted by Crippen LogP contribution is -2.21. The molecule has 0 heterocycles. The highest BCUT2D eigenvalue weighted by molar-refractivity contribution is 5.53. The van der Waals surface area contributed by atoms with Gasteiger partial charge in [-0.05, 0) is 43.7 Å². The first-order valence-electron chi connectivity index (χ1n) is 6.35. The number of hydrogen-bond donors (Lipinski definition) is 1. The normalized spacial score (nSPS) is 10.3. The summed E-state index contributed by atoms with van der Waals surface area (Å²) in [7, 11) is 0. The summed E-state index contributed by atoms with van der Waals surface area (Å²) in [6.45, 7) is 6.20. The molecule has 0 fully saturated rings. The van der Waals surface area contributed by atoms with E-state index in [4.69, 9.17) is 5.73 Å². The van der Waals surface area contributed by atoms with Gasteiger partial charge in [0.15, 0.2) is 0 Å². The Hall–Kier alpha value is -1.96. The molecule has 0 amide bonds. The summed E-state index contributed by atoms with van der Waals surface area (Å²) in [6, 6.07) is 16.8. The SMILES string of the molecule is CCN(Cc1ccc(C)cc1)c1ccc(N)cc1. The van der Waals surface area contributed by atoms with Gasteiger partial charge in [0.25, 0.3) is 0 Å². The first kappa shape index (κ1) is 12.5. The van der Waals surface area contributed by atoms with Crippen molar-refractivity contribution >= 4 is 11.4 Å². The zero-order valence-corrected chi connectivity index (χ0v) is 11.1. The van der Waals surface area contributed by atoms with Crippen LogP contribution >= 0.6 is 0 Å². The largest absolute Gasteiger partial charge is 0.399 e. The summed E-state index contributed by atoms with van der Waals surface area (Å²) in [6.07, 6.45) is 0. The molecular formula is C16H20N2. The van der Waals surface area contributed by atoms with Crippen molar-refractivity contribution in [1.29, 1.82) is 0 Å². The molecule has 18 heavy (non-hydrogen) atoms. The number of nitrogens with zero attached hydrogens (tertiary/aromatic N) is 1. The molecule has 0 aliphatic rings. The molecule has 0 saturated heterocycles. The van der Waals surface area contributed by atoms with Crippen molar-refractivity contribution in [2.75, 3.05) is 17.2 Å². The average Bonchev–Trinajstić information content (AvgIpc) is 2.39. The molecule has 0 spiro atoms. The molecule has 2 aromatic carbocycles. The van der Waals surface area contributed by atoms with Crippen LogP contribution in [0.5, 0.6) is 0 Å². The second kappa shape index (κ2) is 5.58. The quantitative estimate of drug-likeness (QED) is 0.827. The van der Waals surface area contributed by atoms with Crippen LogP contribution in [0.1, 0.15) is 18.1 Å². The fourth-order valence-corrected chi connectivity index (χ4v) is 1.98. The van der Waals surface area contributed by atoms with E-state index in [9.17, 15) is 0 Å². The van der Waals surface area contributed by atoms with E-state index >= 15 is 0 Å². The Bertz CT molecular complexity index is 486. The molecule has 0 radical (unpaired) electrons. The van der Waals surface area contributed by atoms with Gasteiger partial charge in [-0.25, -0.2) is 0 Å². The Balaban J connectivity index is 2.14. The van der Waals surface area contributed by atoms with Gasteiger partial charge in [-0.2, -0.15) is 0 Å². The van der Waals surface area contributed by atoms with E-state index in [0.717, 1.165) is 18.8 Å². The Kier molecular flexibility index (Phi) is 3.88. The van der Waals surface area contributed by atoms with Gasteiger partial charge in [-0.3, -0.25) is 0 Å². The molecule has 2 aromatic rings. The maximum Gasteiger partial charge on any atom is 0.0429 e. The van der Waals surface area contributed by atoms with Crippen LogP contribution in [0, 0.1) is 6.92 Å². The van der Waals surface area contributed by atoms with E-state index in [1.807, 2.05) is 12.1 Å². The number of benzene rings is 2. The van der Waals surface area contributed by atoms with Gasteiger partial charge in [-0.1, -0.05) is 29.8 Å². The number of rotatable bonds is 4. The molecule has 0 unspecified atom stereocenters. The van der Waals surface area contributed by atoms with Crippen LogP contribution in [0.25, 0.3) is 0 Å². The van der Waals surface area contributed by atoms with Crippen LogP contribution < -0.4 is 10.6 Å².